The van der Waals surface area contributed by atoms with E-state index in [1.54, 1.807) is 4.90 Å². The summed E-state index contributed by atoms with van der Waals surface area (Å²) in [5.41, 5.74) is -0.468. The summed E-state index contributed by atoms with van der Waals surface area (Å²) < 4.78 is 5.51. The van der Waals surface area contributed by atoms with Gasteiger partial charge in [0.1, 0.15) is 5.60 Å². The monoisotopic (exact) mass is 345 g/mol. The molecule has 0 saturated heterocycles. The largest absolute Gasteiger partial charge is 0.444 e. The van der Waals surface area contributed by atoms with Crippen molar-refractivity contribution in [2.24, 2.45) is 5.92 Å². The molecule has 23 heavy (non-hydrogen) atoms. The van der Waals surface area contributed by atoms with Gasteiger partial charge in [-0.15, -0.1) is 0 Å². The first-order valence-electron chi connectivity index (χ1n) is 8.93. The Balaban J connectivity index is 5.00. The molecule has 0 fully saturated rings. The van der Waals surface area contributed by atoms with Crippen LogP contribution in [0.15, 0.2) is 0 Å². The van der Waals surface area contributed by atoms with Crippen molar-refractivity contribution in [1.29, 1.82) is 0 Å². The summed E-state index contributed by atoms with van der Waals surface area (Å²) >= 11 is 0. The van der Waals surface area contributed by atoms with E-state index in [0.717, 1.165) is 19.3 Å². The van der Waals surface area contributed by atoms with Crippen LogP contribution in [0, 0.1) is 5.92 Å². The molecule has 0 aromatic heterocycles. The van der Waals surface area contributed by atoms with Gasteiger partial charge in [0, 0.05) is 13.1 Å². The SMILES string of the molecule is CCCC(CN(CC)C(=O)OC(C)(C)C)CC(C)(C)[Si](C)(C)O. The normalized spacial score (nSPS) is 14.5. The Hall–Kier alpha value is -0.553. The molecule has 1 N–H and O–H groups in total. The van der Waals surface area contributed by atoms with Crippen LogP contribution in [0.2, 0.25) is 18.1 Å². The molecule has 0 heterocycles. The van der Waals surface area contributed by atoms with E-state index in [-0.39, 0.29) is 11.1 Å². The van der Waals surface area contributed by atoms with Crippen molar-refractivity contribution in [1.82, 2.24) is 4.90 Å². The molecule has 0 spiro atoms. The van der Waals surface area contributed by atoms with Gasteiger partial charge in [0.25, 0.3) is 0 Å². The number of amides is 1. The third kappa shape index (κ3) is 8.20. The number of carbonyl (C=O) groups is 1. The van der Waals surface area contributed by atoms with Crippen LogP contribution in [-0.4, -0.2) is 42.8 Å². The smallest absolute Gasteiger partial charge is 0.410 e. The molecule has 0 saturated carbocycles. The lowest BCUT2D eigenvalue weighted by atomic mass is 9.92. The molecule has 5 heteroatoms. The van der Waals surface area contributed by atoms with Crippen molar-refractivity contribution in [3.63, 3.8) is 0 Å². The highest BCUT2D eigenvalue weighted by Crippen LogP contribution is 2.42. The second-order valence-electron chi connectivity index (χ2n) is 8.82. The zero-order valence-electron chi connectivity index (χ0n) is 16.8. The quantitative estimate of drug-likeness (QED) is 0.628. The maximum atomic E-state index is 12.4. The van der Waals surface area contributed by atoms with Gasteiger partial charge in [0.05, 0.1) is 0 Å². The van der Waals surface area contributed by atoms with E-state index < -0.39 is 13.9 Å². The lowest BCUT2D eigenvalue weighted by Crippen LogP contribution is -2.43. The van der Waals surface area contributed by atoms with E-state index in [2.05, 4.69) is 20.8 Å². The zero-order chi connectivity index (χ0) is 18.5. The Morgan fingerprint density at radius 2 is 1.70 bits per heavy atom. The minimum atomic E-state index is -2.24. The van der Waals surface area contributed by atoms with Gasteiger partial charge in [0.15, 0.2) is 8.32 Å². The number of hydrogen-bond acceptors (Lipinski definition) is 3. The van der Waals surface area contributed by atoms with Gasteiger partial charge < -0.3 is 14.4 Å². The van der Waals surface area contributed by atoms with Crippen molar-refractivity contribution in [2.75, 3.05) is 13.1 Å². The first-order valence-corrected chi connectivity index (χ1v) is 11.9. The number of nitrogens with zero attached hydrogens (tertiary/aromatic N) is 1. The number of rotatable bonds is 8. The van der Waals surface area contributed by atoms with Crippen molar-refractivity contribution >= 4 is 14.4 Å². The van der Waals surface area contributed by atoms with Gasteiger partial charge >= 0.3 is 6.09 Å². The topological polar surface area (TPSA) is 49.8 Å². The molecule has 1 atom stereocenters. The van der Waals surface area contributed by atoms with Crippen LogP contribution >= 0.6 is 0 Å². The molecule has 0 aliphatic heterocycles. The molecule has 0 aliphatic rings. The summed E-state index contributed by atoms with van der Waals surface area (Å²) in [5.74, 6) is 0.390. The van der Waals surface area contributed by atoms with Crippen LogP contribution in [0.3, 0.4) is 0 Å². The highest BCUT2D eigenvalue weighted by molar-refractivity contribution is 6.72. The summed E-state index contributed by atoms with van der Waals surface area (Å²) in [6.07, 6.45) is 2.85. The molecule has 0 rings (SSSR count). The Bertz CT molecular complexity index is 369. The fourth-order valence-electron chi connectivity index (χ4n) is 2.61. The Morgan fingerprint density at radius 3 is 2.04 bits per heavy atom. The van der Waals surface area contributed by atoms with Gasteiger partial charge in [-0.05, 0) is 64.6 Å². The van der Waals surface area contributed by atoms with Crippen molar-refractivity contribution < 1.29 is 14.3 Å². The number of ether oxygens (including phenoxy) is 1. The lowest BCUT2D eigenvalue weighted by Gasteiger charge is -2.39. The molecule has 138 valence electrons. The van der Waals surface area contributed by atoms with E-state index in [0.29, 0.717) is 19.0 Å². The summed E-state index contributed by atoms with van der Waals surface area (Å²) in [4.78, 5) is 24.7. The minimum Gasteiger partial charge on any atom is -0.444 e. The Morgan fingerprint density at radius 1 is 1.17 bits per heavy atom. The molecule has 1 amide bonds. The molecular weight excluding hydrogens is 306 g/mol. The zero-order valence-corrected chi connectivity index (χ0v) is 17.8. The standard InChI is InChI=1S/C18H39NO3Si/c1-10-12-15(13-18(6,7)23(8,9)21)14-19(11-2)16(20)22-17(3,4)5/h15,21H,10-14H2,1-9H3. The van der Waals surface area contributed by atoms with Crippen molar-refractivity contribution in [3.05, 3.63) is 0 Å². The highest BCUT2D eigenvalue weighted by Gasteiger charge is 2.40. The predicted octanol–water partition coefficient (Wildman–Crippen LogP) is 5.03. The molecule has 0 aromatic carbocycles. The van der Waals surface area contributed by atoms with Crippen LogP contribution in [0.4, 0.5) is 4.79 Å². The van der Waals surface area contributed by atoms with E-state index in [9.17, 15) is 9.59 Å². The fourth-order valence-corrected chi connectivity index (χ4v) is 3.40. The first-order chi connectivity index (χ1) is 10.2. The predicted molar refractivity (Wildman–Crippen MR) is 100 cm³/mol. The van der Waals surface area contributed by atoms with E-state index in [1.165, 1.54) is 0 Å². The summed E-state index contributed by atoms with van der Waals surface area (Å²) in [7, 11) is -2.24. The average molecular weight is 346 g/mol. The molecule has 0 aliphatic carbocycles. The van der Waals surface area contributed by atoms with Crippen LogP contribution in [0.1, 0.15) is 67.7 Å². The fraction of sp³-hybridized carbons (Fsp3) is 0.944. The van der Waals surface area contributed by atoms with E-state index in [4.69, 9.17) is 4.74 Å². The second kappa shape index (κ2) is 8.52. The summed E-state index contributed by atoms with van der Waals surface area (Å²) in [6.45, 7) is 19.5. The molecule has 0 bridgehead atoms. The van der Waals surface area contributed by atoms with Crippen molar-refractivity contribution in [3.8, 4) is 0 Å². The minimum absolute atomic E-state index is 0.0693. The van der Waals surface area contributed by atoms with Gasteiger partial charge in [-0.1, -0.05) is 27.2 Å². The molecular formula is C18H39NO3Si. The van der Waals surface area contributed by atoms with E-state index in [1.807, 2.05) is 40.8 Å². The van der Waals surface area contributed by atoms with Gasteiger partial charge in [-0.2, -0.15) is 0 Å². The lowest BCUT2D eigenvalue weighted by molar-refractivity contribution is 0.0221. The average Bonchev–Trinajstić information content (AvgIpc) is 2.31. The third-order valence-corrected chi connectivity index (χ3v) is 8.18. The van der Waals surface area contributed by atoms with E-state index >= 15 is 0 Å². The van der Waals surface area contributed by atoms with Gasteiger partial charge in [-0.25, -0.2) is 4.79 Å². The number of carbonyl (C=O) groups excluding carboxylic acids is 1. The molecule has 0 aromatic rings. The van der Waals surface area contributed by atoms with Crippen LogP contribution in [-0.2, 0) is 4.74 Å². The van der Waals surface area contributed by atoms with Crippen LogP contribution in [0.25, 0.3) is 0 Å². The maximum Gasteiger partial charge on any atom is 0.410 e. The number of hydrogen-bond donors (Lipinski definition) is 1. The van der Waals surface area contributed by atoms with Crippen molar-refractivity contribution in [2.45, 2.75) is 91.5 Å². The second-order valence-corrected chi connectivity index (χ2v) is 13.3. The first kappa shape index (κ1) is 22.4. The maximum absolute atomic E-state index is 12.4. The molecule has 4 nitrogen and oxygen atoms in total. The highest BCUT2D eigenvalue weighted by atomic mass is 28.4. The van der Waals surface area contributed by atoms with Gasteiger partial charge in [-0.3, -0.25) is 0 Å². The van der Waals surface area contributed by atoms with Gasteiger partial charge in [0.2, 0.25) is 0 Å². The molecule has 1 unspecified atom stereocenters. The molecule has 0 radical (unpaired) electrons. The summed E-state index contributed by atoms with van der Waals surface area (Å²) in [6, 6.07) is 0. The third-order valence-electron chi connectivity index (χ3n) is 4.66. The van der Waals surface area contributed by atoms with Crippen LogP contribution in [0.5, 0.6) is 0 Å². The Labute approximate surface area is 144 Å². The van der Waals surface area contributed by atoms with Crippen LogP contribution < -0.4 is 0 Å². The summed E-state index contributed by atoms with van der Waals surface area (Å²) in [5, 5.41) is -0.0693. The Kier molecular flexibility index (Phi) is 8.31.